The molecule has 3 heterocycles. The first-order chi connectivity index (χ1) is 22.2. The van der Waals surface area contributed by atoms with Gasteiger partial charge in [0.05, 0.1) is 15.7 Å². The maximum Gasteiger partial charge on any atom is 0.165 e. The van der Waals surface area contributed by atoms with Gasteiger partial charge in [-0.2, -0.15) is 0 Å². The summed E-state index contributed by atoms with van der Waals surface area (Å²) in [7, 11) is 0. The molecule has 0 saturated heterocycles. The second kappa shape index (κ2) is 10.2. The minimum atomic E-state index is 0.670. The van der Waals surface area contributed by atoms with Crippen LogP contribution in [-0.2, 0) is 0 Å². The lowest BCUT2D eigenvalue weighted by Crippen LogP contribution is -2.01. The quantitative estimate of drug-likeness (QED) is 0.204. The van der Waals surface area contributed by atoms with Crippen molar-refractivity contribution >= 4 is 53.3 Å². The molecule has 0 aliphatic heterocycles. The van der Waals surface area contributed by atoms with Crippen molar-refractivity contribution in [2.24, 2.45) is 0 Å². The largest absolute Gasteiger partial charge is 0.308 e. The number of aromatic nitrogens is 4. The molecule has 212 valence electrons. The fraction of sp³-hybridized carbons (Fsp3) is 0.0250. The summed E-state index contributed by atoms with van der Waals surface area (Å²) in [5, 5.41) is 4.96. The lowest BCUT2D eigenvalue weighted by Gasteiger charge is -2.11. The summed E-state index contributed by atoms with van der Waals surface area (Å²) >= 11 is 1.83. The normalized spacial score (nSPS) is 11.7. The molecule has 3 aromatic heterocycles. The lowest BCUT2D eigenvalue weighted by atomic mass is 10.0. The highest BCUT2D eigenvalue weighted by atomic mass is 32.1. The SMILES string of the molecule is Cc1ccc2c(sc3c2ccc2c4ccccc4n(-c4ccccc4)c23)c1-c1nc(-c2ccccc2)nc(-c2ccccc2)n1. The molecule has 0 N–H and O–H groups in total. The van der Waals surface area contributed by atoms with Gasteiger partial charge in [-0.25, -0.2) is 15.0 Å². The van der Waals surface area contributed by atoms with Crippen LogP contribution in [0.3, 0.4) is 0 Å². The highest BCUT2D eigenvalue weighted by Crippen LogP contribution is 2.46. The third-order valence-electron chi connectivity index (χ3n) is 8.59. The third-order valence-corrected chi connectivity index (χ3v) is 9.83. The van der Waals surface area contributed by atoms with Crippen LogP contribution in [0, 0.1) is 6.92 Å². The van der Waals surface area contributed by atoms with Crippen LogP contribution in [0.2, 0.25) is 0 Å². The van der Waals surface area contributed by atoms with Gasteiger partial charge in [-0.3, -0.25) is 0 Å². The monoisotopic (exact) mass is 594 g/mol. The molecule has 9 rings (SSSR count). The molecule has 5 heteroatoms. The third kappa shape index (κ3) is 4.09. The van der Waals surface area contributed by atoms with E-state index < -0.39 is 0 Å². The molecule has 4 nitrogen and oxygen atoms in total. The zero-order valence-corrected chi connectivity index (χ0v) is 25.3. The van der Waals surface area contributed by atoms with Crippen LogP contribution < -0.4 is 0 Å². The van der Waals surface area contributed by atoms with E-state index in [4.69, 9.17) is 15.0 Å². The highest BCUT2D eigenvalue weighted by Gasteiger charge is 2.22. The summed E-state index contributed by atoms with van der Waals surface area (Å²) in [6.07, 6.45) is 0. The number of fused-ring (bicyclic) bond motifs is 7. The summed E-state index contributed by atoms with van der Waals surface area (Å²) in [6, 6.07) is 48.8. The second-order valence-corrected chi connectivity index (χ2v) is 12.3. The smallest absolute Gasteiger partial charge is 0.165 e. The van der Waals surface area contributed by atoms with E-state index in [9.17, 15) is 0 Å². The Morgan fingerprint density at radius 1 is 0.467 bits per heavy atom. The van der Waals surface area contributed by atoms with E-state index in [1.165, 1.54) is 42.0 Å². The van der Waals surface area contributed by atoms with Gasteiger partial charge in [0.2, 0.25) is 0 Å². The topological polar surface area (TPSA) is 43.6 Å². The van der Waals surface area contributed by atoms with Crippen LogP contribution in [0.25, 0.3) is 81.8 Å². The van der Waals surface area contributed by atoms with Gasteiger partial charge in [-0.15, -0.1) is 11.3 Å². The molecule has 0 aliphatic rings. The molecule has 0 radical (unpaired) electrons. The zero-order chi connectivity index (χ0) is 29.9. The van der Waals surface area contributed by atoms with Crippen molar-refractivity contribution in [2.75, 3.05) is 0 Å². The van der Waals surface area contributed by atoms with Crippen molar-refractivity contribution in [3.05, 3.63) is 145 Å². The van der Waals surface area contributed by atoms with Crippen LogP contribution in [0.1, 0.15) is 5.56 Å². The lowest BCUT2D eigenvalue weighted by molar-refractivity contribution is 1.07. The van der Waals surface area contributed by atoms with Crippen LogP contribution >= 0.6 is 11.3 Å². The fourth-order valence-electron chi connectivity index (χ4n) is 6.49. The number of hydrogen-bond acceptors (Lipinski definition) is 4. The average Bonchev–Trinajstić information content (AvgIpc) is 3.65. The first-order valence-corrected chi connectivity index (χ1v) is 15.9. The Balaban J connectivity index is 1.38. The maximum absolute atomic E-state index is 5.12. The summed E-state index contributed by atoms with van der Waals surface area (Å²) < 4.78 is 4.86. The Morgan fingerprint density at radius 3 is 1.69 bits per heavy atom. The molecule has 0 unspecified atom stereocenters. The Morgan fingerprint density at radius 2 is 1.00 bits per heavy atom. The molecular formula is C40H26N4S. The van der Waals surface area contributed by atoms with Crippen LogP contribution in [0.4, 0.5) is 0 Å². The van der Waals surface area contributed by atoms with Gasteiger partial charge in [-0.05, 0) is 30.7 Å². The van der Waals surface area contributed by atoms with E-state index in [1.807, 2.05) is 47.7 Å². The molecule has 45 heavy (non-hydrogen) atoms. The van der Waals surface area contributed by atoms with Gasteiger partial charge in [0.1, 0.15) is 0 Å². The van der Waals surface area contributed by atoms with Gasteiger partial charge in [0, 0.05) is 48.6 Å². The molecule has 9 aromatic rings. The molecule has 0 atom stereocenters. The van der Waals surface area contributed by atoms with E-state index in [-0.39, 0.29) is 0 Å². The van der Waals surface area contributed by atoms with Crippen molar-refractivity contribution in [3.8, 4) is 39.9 Å². The summed E-state index contributed by atoms with van der Waals surface area (Å²) in [5.74, 6) is 2.03. The van der Waals surface area contributed by atoms with E-state index in [2.05, 4.69) is 115 Å². The van der Waals surface area contributed by atoms with Crippen LogP contribution in [0.15, 0.2) is 140 Å². The first kappa shape index (κ1) is 25.8. The molecule has 6 aromatic carbocycles. The highest BCUT2D eigenvalue weighted by molar-refractivity contribution is 7.27. The van der Waals surface area contributed by atoms with Crippen molar-refractivity contribution in [3.63, 3.8) is 0 Å². The number of rotatable bonds is 4. The van der Waals surface area contributed by atoms with E-state index >= 15 is 0 Å². The van der Waals surface area contributed by atoms with Crippen molar-refractivity contribution in [1.82, 2.24) is 19.5 Å². The predicted octanol–water partition coefficient (Wildman–Crippen LogP) is 10.6. The standard InChI is InChI=1S/C40H26N4S/c1-25-21-22-31-32-24-23-30-29-19-11-12-20-33(29)44(28-17-9-4-10-18-28)35(30)37(32)45-36(31)34(25)40-42-38(26-13-5-2-6-14-26)41-39(43-40)27-15-7-3-8-16-27/h2-24H,1H3. The zero-order valence-electron chi connectivity index (χ0n) is 24.5. The number of aryl methyl sites for hydroxylation is 1. The van der Waals surface area contributed by atoms with Gasteiger partial charge in [0.25, 0.3) is 0 Å². The van der Waals surface area contributed by atoms with E-state index in [0.717, 1.165) is 27.9 Å². The minimum Gasteiger partial charge on any atom is -0.308 e. The molecule has 0 aliphatic carbocycles. The summed E-state index contributed by atoms with van der Waals surface area (Å²) in [5.41, 5.74) is 7.72. The first-order valence-electron chi connectivity index (χ1n) is 15.1. The number of benzene rings is 6. The molecule has 0 bridgehead atoms. The van der Waals surface area contributed by atoms with Crippen LogP contribution in [-0.4, -0.2) is 19.5 Å². The fourth-order valence-corrected chi connectivity index (χ4v) is 7.92. The maximum atomic E-state index is 5.12. The summed E-state index contributed by atoms with van der Waals surface area (Å²) in [6.45, 7) is 2.16. The summed E-state index contributed by atoms with van der Waals surface area (Å²) in [4.78, 5) is 15.2. The predicted molar refractivity (Wildman–Crippen MR) is 188 cm³/mol. The second-order valence-electron chi connectivity index (χ2n) is 11.3. The van der Waals surface area contributed by atoms with Crippen molar-refractivity contribution < 1.29 is 0 Å². The number of thiophene rings is 1. The van der Waals surface area contributed by atoms with E-state index in [1.54, 1.807) is 0 Å². The minimum absolute atomic E-state index is 0.670. The Hall–Kier alpha value is -5.65. The Bertz CT molecular complexity index is 2470. The van der Waals surface area contributed by atoms with E-state index in [0.29, 0.717) is 17.5 Å². The van der Waals surface area contributed by atoms with Gasteiger partial charge < -0.3 is 4.57 Å². The van der Waals surface area contributed by atoms with Gasteiger partial charge >= 0.3 is 0 Å². The number of para-hydroxylation sites is 2. The Labute approximate surface area is 263 Å². The molecule has 0 amide bonds. The number of nitrogens with zero attached hydrogens (tertiary/aromatic N) is 4. The van der Waals surface area contributed by atoms with Gasteiger partial charge in [0.15, 0.2) is 17.5 Å². The molecule has 0 fully saturated rings. The average molecular weight is 595 g/mol. The molecule has 0 spiro atoms. The van der Waals surface area contributed by atoms with Crippen molar-refractivity contribution in [1.29, 1.82) is 0 Å². The molecule has 0 saturated carbocycles. The van der Waals surface area contributed by atoms with Gasteiger partial charge in [-0.1, -0.05) is 121 Å². The van der Waals surface area contributed by atoms with Crippen molar-refractivity contribution in [2.45, 2.75) is 6.92 Å². The Kier molecular flexibility index (Phi) is 5.86. The number of hydrogen-bond donors (Lipinski definition) is 0. The van der Waals surface area contributed by atoms with Crippen LogP contribution in [0.5, 0.6) is 0 Å². The molecular weight excluding hydrogens is 569 g/mol.